The fraction of sp³-hybridized carbons (Fsp3) is 0.150. The summed E-state index contributed by atoms with van der Waals surface area (Å²) < 4.78 is 6.95. The zero-order valence-electron chi connectivity index (χ0n) is 14.1. The second kappa shape index (κ2) is 6.02. The van der Waals surface area contributed by atoms with Gasteiger partial charge in [0.15, 0.2) is 0 Å². The average molecular weight is 331 g/mol. The first kappa shape index (κ1) is 15.3. The molecule has 3 heterocycles. The van der Waals surface area contributed by atoms with E-state index >= 15 is 0 Å². The monoisotopic (exact) mass is 331 g/mol. The van der Waals surface area contributed by atoms with Crippen LogP contribution in [0.4, 0.5) is 0 Å². The molecule has 0 saturated heterocycles. The van der Waals surface area contributed by atoms with Crippen molar-refractivity contribution < 1.29 is 4.52 Å². The van der Waals surface area contributed by atoms with Gasteiger partial charge in [0.1, 0.15) is 5.76 Å². The van der Waals surface area contributed by atoms with Gasteiger partial charge in [-0.15, -0.1) is 0 Å². The van der Waals surface area contributed by atoms with E-state index in [1.165, 1.54) is 0 Å². The van der Waals surface area contributed by atoms with E-state index in [1.807, 2.05) is 50.4 Å². The summed E-state index contributed by atoms with van der Waals surface area (Å²) in [5.41, 5.74) is 4.65. The largest absolute Gasteiger partial charge is 0.361 e. The van der Waals surface area contributed by atoms with Gasteiger partial charge in [0.25, 0.3) is 5.56 Å². The van der Waals surface area contributed by atoms with Gasteiger partial charge < -0.3 is 9.09 Å². The van der Waals surface area contributed by atoms with Crippen molar-refractivity contribution in [3.05, 3.63) is 82.2 Å². The molecule has 0 unspecified atom stereocenters. The molecule has 0 amide bonds. The normalized spacial score (nSPS) is 11.1. The molecular formula is C20H17N3O2. The van der Waals surface area contributed by atoms with Crippen LogP contribution in [0.1, 0.15) is 17.0 Å². The van der Waals surface area contributed by atoms with E-state index in [0.29, 0.717) is 6.54 Å². The minimum atomic E-state index is -0.0400. The summed E-state index contributed by atoms with van der Waals surface area (Å²) in [7, 11) is 0. The lowest BCUT2D eigenvalue weighted by molar-refractivity contribution is 0.393. The zero-order valence-corrected chi connectivity index (χ0v) is 14.1. The van der Waals surface area contributed by atoms with Crippen molar-refractivity contribution in [3.8, 4) is 11.1 Å². The van der Waals surface area contributed by atoms with Crippen molar-refractivity contribution in [3.63, 3.8) is 0 Å². The standard InChI is InChI=1S/C20H17N3O2/c1-13-20(14(2)25-22-13)17-6-8-19(24)23(12-17)11-15-5-7-18-16(10-15)4-3-9-21-18/h3-10,12H,11H2,1-2H3. The van der Waals surface area contributed by atoms with Gasteiger partial charge >= 0.3 is 0 Å². The lowest BCUT2D eigenvalue weighted by Gasteiger charge is -2.09. The van der Waals surface area contributed by atoms with Gasteiger partial charge in [0.2, 0.25) is 0 Å². The highest BCUT2D eigenvalue weighted by molar-refractivity contribution is 5.78. The predicted octanol–water partition coefficient (Wildman–Crippen LogP) is 3.72. The average Bonchev–Trinajstić information content (AvgIpc) is 2.95. The molecule has 0 spiro atoms. The molecule has 0 aliphatic rings. The van der Waals surface area contributed by atoms with Crippen LogP contribution >= 0.6 is 0 Å². The van der Waals surface area contributed by atoms with Gasteiger partial charge in [-0.1, -0.05) is 17.3 Å². The number of aromatic nitrogens is 3. The Balaban J connectivity index is 1.74. The summed E-state index contributed by atoms with van der Waals surface area (Å²) in [4.78, 5) is 16.6. The maximum absolute atomic E-state index is 12.3. The number of hydrogen-bond donors (Lipinski definition) is 0. The molecule has 0 N–H and O–H groups in total. The third-order valence-electron chi connectivity index (χ3n) is 4.33. The van der Waals surface area contributed by atoms with E-state index in [4.69, 9.17) is 4.52 Å². The predicted molar refractivity (Wildman–Crippen MR) is 96.5 cm³/mol. The summed E-state index contributed by atoms with van der Waals surface area (Å²) in [5, 5.41) is 5.06. The third kappa shape index (κ3) is 2.85. The Bertz CT molecular complexity index is 1110. The number of hydrogen-bond acceptors (Lipinski definition) is 4. The van der Waals surface area contributed by atoms with Gasteiger partial charge in [-0.3, -0.25) is 9.78 Å². The highest BCUT2D eigenvalue weighted by Crippen LogP contribution is 2.26. The molecule has 0 aliphatic carbocycles. The molecule has 0 radical (unpaired) electrons. The van der Waals surface area contributed by atoms with Crippen LogP contribution in [0.25, 0.3) is 22.0 Å². The van der Waals surface area contributed by atoms with E-state index < -0.39 is 0 Å². The van der Waals surface area contributed by atoms with Gasteiger partial charge in [0, 0.05) is 35.0 Å². The highest BCUT2D eigenvalue weighted by Gasteiger charge is 2.12. The number of pyridine rings is 2. The molecule has 1 aromatic carbocycles. The summed E-state index contributed by atoms with van der Waals surface area (Å²) >= 11 is 0. The van der Waals surface area contributed by atoms with E-state index in [2.05, 4.69) is 16.2 Å². The van der Waals surface area contributed by atoms with Crippen molar-refractivity contribution in [2.45, 2.75) is 20.4 Å². The molecule has 124 valence electrons. The van der Waals surface area contributed by atoms with E-state index in [-0.39, 0.29) is 5.56 Å². The topological polar surface area (TPSA) is 60.9 Å². The SMILES string of the molecule is Cc1noc(C)c1-c1ccc(=O)n(Cc2ccc3ncccc3c2)c1. The summed E-state index contributed by atoms with van der Waals surface area (Å²) in [6.45, 7) is 4.28. The molecule has 5 heteroatoms. The van der Waals surface area contributed by atoms with Crippen molar-refractivity contribution in [2.24, 2.45) is 0 Å². The van der Waals surface area contributed by atoms with E-state index in [0.717, 1.165) is 39.0 Å². The summed E-state index contributed by atoms with van der Waals surface area (Å²) in [6.07, 6.45) is 3.64. The Morgan fingerprint density at radius 2 is 2.00 bits per heavy atom. The molecule has 0 saturated carbocycles. The molecule has 25 heavy (non-hydrogen) atoms. The maximum Gasteiger partial charge on any atom is 0.250 e. The Labute approximate surface area is 144 Å². The molecule has 4 rings (SSSR count). The van der Waals surface area contributed by atoms with E-state index in [1.54, 1.807) is 16.8 Å². The Morgan fingerprint density at radius 1 is 1.12 bits per heavy atom. The van der Waals surface area contributed by atoms with Crippen LogP contribution in [0, 0.1) is 13.8 Å². The number of benzene rings is 1. The Hall–Kier alpha value is -3.21. The Kier molecular flexibility index (Phi) is 3.69. The van der Waals surface area contributed by atoms with Gasteiger partial charge in [0.05, 0.1) is 17.8 Å². The first-order valence-corrected chi connectivity index (χ1v) is 8.09. The van der Waals surface area contributed by atoms with Crippen LogP contribution < -0.4 is 5.56 Å². The molecule has 0 fully saturated rings. The first-order valence-electron chi connectivity index (χ1n) is 8.09. The molecule has 4 aromatic rings. The van der Waals surface area contributed by atoms with Crippen LogP contribution in [0.2, 0.25) is 0 Å². The molecule has 5 nitrogen and oxygen atoms in total. The molecule has 0 aliphatic heterocycles. The number of aryl methyl sites for hydroxylation is 2. The van der Waals surface area contributed by atoms with Crippen LogP contribution in [0.3, 0.4) is 0 Å². The molecular weight excluding hydrogens is 314 g/mol. The van der Waals surface area contributed by atoms with Crippen molar-refractivity contribution >= 4 is 10.9 Å². The minimum absolute atomic E-state index is 0.0400. The molecule has 0 atom stereocenters. The minimum Gasteiger partial charge on any atom is -0.361 e. The second-order valence-electron chi connectivity index (χ2n) is 6.11. The van der Waals surface area contributed by atoms with Crippen LogP contribution in [0.5, 0.6) is 0 Å². The lowest BCUT2D eigenvalue weighted by atomic mass is 10.1. The number of nitrogens with zero attached hydrogens (tertiary/aromatic N) is 3. The Morgan fingerprint density at radius 3 is 2.80 bits per heavy atom. The lowest BCUT2D eigenvalue weighted by Crippen LogP contribution is -2.19. The smallest absolute Gasteiger partial charge is 0.250 e. The second-order valence-corrected chi connectivity index (χ2v) is 6.11. The zero-order chi connectivity index (χ0) is 17.4. The molecule has 0 bridgehead atoms. The quantitative estimate of drug-likeness (QED) is 0.574. The fourth-order valence-corrected chi connectivity index (χ4v) is 3.12. The highest BCUT2D eigenvalue weighted by atomic mass is 16.5. The van der Waals surface area contributed by atoms with Crippen molar-refractivity contribution in [1.82, 2.24) is 14.7 Å². The first-order chi connectivity index (χ1) is 12.1. The van der Waals surface area contributed by atoms with Crippen LogP contribution in [-0.4, -0.2) is 14.7 Å². The number of fused-ring (bicyclic) bond motifs is 1. The maximum atomic E-state index is 12.3. The van der Waals surface area contributed by atoms with Gasteiger partial charge in [-0.05, 0) is 43.7 Å². The summed E-state index contributed by atoms with van der Waals surface area (Å²) in [6, 6.07) is 13.4. The molecule has 3 aromatic heterocycles. The van der Waals surface area contributed by atoms with Crippen molar-refractivity contribution in [1.29, 1.82) is 0 Å². The number of rotatable bonds is 3. The van der Waals surface area contributed by atoms with Gasteiger partial charge in [-0.25, -0.2) is 0 Å². The van der Waals surface area contributed by atoms with Gasteiger partial charge in [-0.2, -0.15) is 0 Å². The summed E-state index contributed by atoms with van der Waals surface area (Å²) in [5.74, 6) is 0.750. The van der Waals surface area contributed by atoms with Crippen LogP contribution in [-0.2, 0) is 6.54 Å². The van der Waals surface area contributed by atoms with Crippen LogP contribution in [0.15, 0.2) is 64.2 Å². The van der Waals surface area contributed by atoms with E-state index in [9.17, 15) is 4.79 Å². The fourth-order valence-electron chi connectivity index (χ4n) is 3.12. The van der Waals surface area contributed by atoms with Crippen molar-refractivity contribution in [2.75, 3.05) is 0 Å². The third-order valence-corrected chi connectivity index (χ3v) is 4.33.